The molecular weight excluding hydrogens is 242 g/mol. The van der Waals surface area contributed by atoms with Crippen molar-refractivity contribution in [1.29, 1.82) is 0 Å². The van der Waals surface area contributed by atoms with Gasteiger partial charge in [-0.05, 0) is 50.2 Å². The van der Waals surface area contributed by atoms with Crippen LogP contribution < -0.4 is 5.32 Å². The number of hydrogen-bond acceptors (Lipinski definition) is 3. The Labute approximate surface area is 115 Å². The number of nitrogens with one attached hydrogen (secondary N) is 1. The normalized spacial score (nSPS) is 33.8. The number of thiophene rings is 1. The first-order valence-electron chi connectivity index (χ1n) is 6.98. The van der Waals surface area contributed by atoms with Gasteiger partial charge in [0.25, 0.3) is 0 Å². The molecule has 3 heteroatoms. The van der Waals surface area contributed by atoms with Gasteiger partial charge in [-0.15, -0.1) is 11.3 Å². The number of aryl methyl sites for hydroxylation is 1. The van der Waals surface area contributed by atoms with Crippen molar-refractivity contribution in [2.24, 2.45) is 11.8 Å². The van der Waals surface area contributed by atoms with Gasteiger partial charge in [0.2, 0.25) is 0 Å². The lowest BCUT2D eigenvalue weighted by Crippen LogP contribution is -2.34. The van der Waals surface area contributed by atoms with Crippen molar-refractivity contribution in [1.82, 2.24) is 5.32 Å². The molecule has 0 radical (unpaired) electrons. The zero-order valence-electron chi connectivity index (χ0n) is 12.1. The minimum Gasteiger partial charge on any atom is -0.375 e. The topological polar surface area (TPSA) is 21.3 Å². The Morgan fingerprint density at radius 2 is 2.06 bits per heavy atom. The molecule has 0 amide bonds. The molecule has 1 N–H and O–H groups in total. The monoisotopic (exact) mass is 267 g/mol. The first-order chi connectivity index (χ1) is 8.54. The van der Waals surface area contributed by atoms with Crippen LogP contribution in [0.3, 0.4) is 0 Å². The Balaban J connectivity index is 2.24. The molecule has 18 heavy (non-hydrogen) atoms. The van der Waals surface area contributed by atoms with Crippen LogP contribution in [-0.4, -0.2) is 18.8 Å². The van der Waals surface area contributed by atoms with Crippen LogP contribution in [0.25, 0.3) is 0 Å². The van der Waals surface area contributed by atoms with Gasteiger partial charge >= 0.3 is 0 Å². The average molecular weight is 267 g/mol. The van der Waals surface area contributed by atoms with Gasteiger partial charge in [-0.3, -0.25) is 0 Å². The molecule has 1 aliphatic heterocycles. The molecule has 0 aliphatic carbocycles. The van der Waals surface area contributed by atoms with Gasteiger partial charge in [0.15, 0.2) is 0 Å². The molecule has 102 valence electrons. The summed E-state index contributed by atoms with van der Waals surface area (Å²) in [6, 6.07) is 2.75. The minimum absolute atomic E-state index is 0.333. The second-order valence-electron chi connectivity index (χ2n) is 5.51. The van der Waals surface area contributed by atoms with Crippen molar-refractivity contribution >= 4 is 11.3 Å². The quantitative estimate of drug-likeness (QED) is 0.896. The molecule has 2 rings (SSSR count). The van der Waals surface area contributed by atoms with Crippen LogP contribution in [0.2, 0.25) is 0 Å². The standard InChI is InChI=1S/C15H25NOS/c1-6-16-15(13-7-9(2)18-8-13)14-10(3)11(4)17-12(14)5/h7-8,10-12,14-16H,6H2,1-5H3. The Morgan fingerprint density at radius 1 is 1.33 bits per heavy atom. The molecule has 2 nitrogen and oxygen atoms in total. The molecule has 5 atom stereocenters. The summed E-state index contributed by atoms with van der Waals surface area (Å²) in [4.78, 5) is 1.39. The highest BCUT2D eigenvalue weighted by molar-refractivity contribution is 7.10. The summed E-state index contributed by atoms with van der Waals surface area (Å²) in [5.41, 5.74) is 1.43. The lowest BCUT2D eigenvalue weighted by molar-refractivity contribution is 0.0476. The van der Waals surface area contributed by atoms with Crippen LogP contribution in [0, 0.1) is 18.8 Å². The summed E-state index contributed by atoms with van der Waals surface area (Å²) in [7, 11) is 0. The summed E-state index contributed by atoms with van der Waals surface area (Å²) < 4.78 is 6.01. The summed E-state index contributed by atoms with van der Waals surface area (Å²) >= 11 is 1.84. The SMILES string of the molecule is CCNC(c1csc(C)c1)C1C(C)OC(C)C1C. The Morgan fingerprint density at radius 3 is 2.50 bits per heavy atom. The van der Waals surface area contributed by atoms with E-state index in [9.17, 15) is 0 Å². The molecule has 1 fully saturated rings. The Bertz CT molecular complexity index is 390. The van der Waals surface area contributed by atoms with Crippen LogP contribution in [0.15, 0.2) is 11.4 Å². The number of rotatable bonds is 4. The fraction of sp³-hybridized carbons (Fsp3) is 0.733. The fourth-order valence-electron chi connectivity index (χ4n) is 3.19. The maximum atomic E-state index is 6.01. The van der Waals surface area contributed by atoms with Crippen LogP contribution in [0.5, 0.6) is 0 Å². The summed E-state index contributed by atoms with van der Waals surface area (Å²) in [5, 5.41) is 5.96. The minimum atomic E-state index is 0.333. The van der Waals surface area contributed by atoms with E-state index in [1.165, 1.54) is 10.4 Å². The lowest BCUT2D eigenvalue weighted by Gasteiger charge is -2.29. The average Bonchev–Trinajstić information content (AvgIpc) is 2.83. The van der Waals surface area contributed by atoms with Crippen molar-refractivity contribution in [3.63, 3.8) is 0 Å². The third-order valence-electron chi connectivity index (χ3n) is 4.24. The highest BCUT2D eigenvalue weighted by Crippen LogP contribution is 2.41. The third kappa shape index (κ3) is 2.63. The van der Waals surface area contributed by atoms with E-state index in [1.54, 1.807) is 0 Å². The Hall–Kier alpha value is -0.380. The first kappa shape index (κ1) is 14.0. The van der Waals surface area contributed by atoms with Gasteiger partial charge in [0.05, 0.1) is 12.2 Å². The predicted molar refractivity (Wildman–Crippen MR) is 78.1 cm³/mol. The summed E-state index contributed by atoms with van der Waals surface area (Å²) in [6.45, 7) is 12.1. The summed E-state index contributed by atoms with van der Waals surface area (Å²) in [5.74, 6) is 1.17. The fourth-order valence-corrected chi connectivity index (χ4v) is 3.93. The van der Waals surface area contributed by atoms with Gasteiger partial charge in [-0.25, -0.2) is 0 Å². The highest BCUT2D eigenvalue weighted by Gasteiger charge is 2.42. The van der Waals surface area contributed by atoms with Gasteiger partial charge in [-0.2, -0.15) is 0 Å². The van der Waals surface area contributed by atoms with Crippen LogP contribution in [0.4, 0.5) is 0 Å². The second-order valence-corrected chi connectivity index (χ2v) is 6.62. The van der Waals surface area contributed by atoms with E-state index in [2.05, 4.69) is 51.4 Å². The number of ether oxygens (including phenoxy) is 1. The zero-order valence-corrected chi connectivity index (χ0v) is 12.9. The molecule has 0 spiro atoms. The molecule has 5 unspecified atom stereocenters. The van der Waals surface area contributed by atoms with Crippen molar-refractivity contribution in [3.05, 3.63) is 21.9 Å². The highest BCUT2D eigenvalue weighted by atomic mass is 32.1. The van der Waals surface area contributed by atoms with E-state index in [4.69, 9.17) is 4.74 Å². The van der Waals surface area contributed by atoms with Crippen LogP contribution >= 0.6 is 11.3 Å². The molecule has 1 aromatic heterocycles. The second kappa shape index (κ2) is 5.72. The first-order valence-corrected chi connectivity index (χ1v) is 7.86. The lowest BCUT2D eigenvalue weighted by atomic mass is 9.81. The molecule has 0 saturated carbocycles. The van der Waals surface area contributed by atoms with Gasteiger partial charge in [0.1, 0.15) is 0 Å². The van der Waals surface area contributed by atoms with Crippen molar-refractivity contribution in [2.75, 3.05) is 6.54 Å². The van der Waals surface area contributed by atoms with Crippen LogP contribution in [-0.2, 0) is 4.74 Å². The molecule has 2 heterocycles. The van der Waals surface area contributed by atoms with Crippen LogP contribution in [0.1, 0.15) is 44.2 Å². The molecule has 0 bridgehead atoms. The maximum absolute atomic E-state index is 6.01. The van der Waals surface area contributed by atoms with Crippen molar-refractivity contribution in [2.45, 2.75) is 52.9 Å². The van der Waals surface area contributed by atoms with E-state index >= 15 is 0 Å². The largest absolute Gasteiger partial charge is 0.375 e. The molecule has 1 saturated heterocycles. The number of hydrogen-bond donors (Lipinski definition) is 1. The van der Waals surface area contributed by atoms with Crippen molar-refractivity contribution < 1.29 is 4.74 Å². The van der Waals surface area contributed by atoms with E-state index in [-0.39, 0.29) is 0 Å². The van der Waals surface area contributed by atoms with E-state index in [1.807, 2.05) is 11.3 Å². The molecule has 1 aromatic rings. The van der Waals surface area contributed by atoms with Crippen molar-refractivity contribution in [3.8, 4) is 0 Å². The smallest absolute Gasteiger partial charge is 0.0600 e. The molecule has 1 aliphatic rings. The predicted octanol–water partition coefficient (Wildman–Crippen LogP) is 3.77. The third-order valence-corrected chi connectivity index (χ3v) is 5.12. The Kier molecular flexibility index (Phi) is 4.46. The zero-order chi connectivity index (χ0) is 13.3. The van der Waals surface area contributed by atoms with E-state index in [0.29, 0.717) is 30.1 Å². The van der Waals surface area contributed by atoms with E-state index < -0.39 is 0 Å². The van der Waals surface area contributed by atoms with Gasteiger partial charge < -0.3 is 10.1 Å². The van der Waals surface area contributed by atoms with E-state index in [0.717, 1.165) is 6.54 Å². The summed E-state index contributed by atoms with van der Waals surface area (Å²) in [6.07, 6.45) is 0.699. The van der Waals surface area contributed by atoms with Gasteiger partial charge in [0, 0.05) is 16.8 Å². The van der Waals surface area contributed by atoms with Gasteiger partial charge in [-0.1, -0.05) is 13.8 Å². The maximum Gasteiger partial charge on any atom is 0.0600 e. The molecular formula is C15H25NOS. The molecule has 0 aromatic carbocycles.